The minimum Gasteiger partial charge on any atom is -0.363 e. The molecule has 0 amide bonds. The first-order chi connectivity index (χ1) is 9.06. The number of para-hydroxylation sites is 1. The maximum absolute atomic E-state index is 11.3. The summed E-state index contributed by atoms with van der Waals surface area (Å²) in [7, 11) is 0. The van der Waals surface area contributed by atoms with Gasteiger partial charge in [0.2, 0.25) is 0 Å². The fraction of sp³-hybridized carbons (Fsp3) is 0.538. The Morgan fingerprint density at radius 2 is 2.26 bits per heavy atom. The van der Waals surface area contributed by atoms with Gasteiger partial charge in [-0.05, 0) is 30.9 Å². The molecule has 0 spiro atoms. The average Bonchev–Trinajstić information content (AvgIpc) is 2.86. The van der Waals surface area contributed by atoms with Crippen LogP contribution in [0, 0.1) is 16.0 Å². The second kappa shape index (κ2) is 5.44. The van der Waals surface area contributed by atoms with E-state index in [1.54, 1.807) is 18.2 Å². The van der Waals surface area contributed by atoms with E-state index in [9.17, 15) is 10.1 Å². The van der Waals surface area contributed by atoms with Crippen LogP contribution >= 0.6 is 0 Å². The molecular weight excluding hydrogens is 244 g/mol. The Morgan fingerprint density at radius 1 is 1.53 bits per heavy atom. The third-order valence-corrected chi connectivity index (χ3v) is 3.73. The van der Waals surface area contributed by atoms with Crippen LogP contribution in [0.15, 0.2) is 18.2 Å². The SMILES string of the molecule is CC(C)C1CCCN1c1cccc(NN)c1[N+](=O)[O-]. The van der Waals surface area contributed by atoms with Gasteiger partial charge in [0, 0.05) is 12.6 Å². The Hall–Kier alpha value is -1.82. The predicted molar refractivity (Wildman–Crippen MR) is 76.1 cm³/mol. The predicted octanol–water partition coefficient (Wildman–Crippen LogP) is 2.51. The molecule has 1 aromatic carbocycles. The third kappa shape index (κ3) is 2.49. The molecule has 1 heterocycles. The monoisotopic (exact) mass is 264 g/mol. The lowest BCUT2D eigenvalue weighted by Crippen LogP contribution is -2.33. The van der Waals surface area contributed by atoms with Gasteiger partial charge in [0.15, 0.2) is 0 Å². The molecule has 0 radical (unpaired) electrons. The Morgan fingerprint density at radius 3 is 2.84 bits per heavy atom. The maximum Gasteiger partial charge on any atom is 0.316 e. The molecule has 1 saturated heterocycles. The molecule has 6 nitrogen and oxygen atoms in total. The van der Waals surface area contributed by atoms with Gasteiger partial charge >= 0.3 is 5.69 Å². The Labute approximate surface area is 112 Å². The standard InChI is InChI=1S/C13H20N4O2/c1-9(2)11-7-4-8-16(11)12-6-3-5-10(15-14)13(12)17(18)19/h3,5-6,9,11,15H,4,7-8,14H2,1-2H3. The first kappa shape index (κ1) is 13.6. The van der Waals surface area contributed by atoms with Crippen molar-refractivity contribution in [1.82, 2.24) is 0 Å². The Kier molecular flexibility index (Phi) is 3.90. The molecule has 1 aliphatic rings. The van der Waals surface area contributed by atoms with E-state index >= 15 is 0 Å². The average molecular weight is 264 g/mol. The lowest BCUT2D eigenvalue weighted by Gasteiger charge is -2.29. The number of anilines is 2. The van der Waals surface area contributed by atoms with Gasteiger partial charge in [-0.25, -0.2) is 0 Å². The zero-order valence-electron chi connectivity index (χ0n) is 11.3. The summed E-state index contributed by atoms with van der Waals surface area (Å²) in [6.45, 7) is 5.16. The van der Waals surface area contributed by atoms with E-state index < -0.39 is 0 Å². The molecule has 3 N–H and O–H groups in total. The highest BCUT2D eigenvalue weighted by atomic mass is 16.6. The largest absolute Gasteiger partial charge is 0.363 e. The van der Waals surface area contributed by atoms with E-state index in [0.29, 0.717) is 23.3 Å². The van der Waals surface area contributed by atoms with Gasteiger partial charge < -0.3 is 10.3 Å². The van der Waals surface area contributed by atoms with Gasteiger partial charge in [0.05, 0.1) is 4.92 Å². The van der Waals surface area contributed by atoms with Crippen molar-refractivity contribution in [3.63, 3.8) is 0 Å². The van der Waals surface area contributed by atoms with Crippen LogP contribution in [-0.2, 0) is 0 Å². The maximum atomic E-state index is 11.3. The molecule has 19 heavy (non-hydrogen) atoms. The number of rotatable bonds is 4. The van der Waals surface area contributed by atoms with Crippen LogP contribution in [-0.4, -0.2) is 17.5 Å². The number of nitro benzene ring substituents is 1. The van der Waals surface area contributed by atoms with Crippen molar-refractivity contribution in [2.75, 3.05) is 16.9 Å². The van der Waals surface area contributed by atoms with Gasteiger partial charge in [-0.2, -0.15) is 0 Å². The van der Waals surface area contributed by atoms with Crippen LogP contribution in [0.2, 0.25) is 0 Å². The molecule has 0 saturated carbocycles. The Bertz CT molecular complexity index is 476. The van der Waals surface area contributed by atoms with Crippen LogP contribution in [0.4, 0.5) is 17.1 Å². The van der Waals surface area contributed by atoms with E-state index in [2.05, 4.69) is 24.2 Å². The molecule has 1 unspecified atom stereocenters. The number of nitrogens with one attached hydrogen (secondary N) is 1. The lowest BCUT2D eigenvalue weighted by molar-refractivity contribution is -0.383. The van der Waals surface area contributed by atoms with Crippen molar-refractivity contribution < 1.29 is 4.92 Å². The molecule has 2 rings (SSSR count). The van der Waals surface area contributed by atoms with Crippen molar-refractivity contribution in [3.05, 3.63) is 28.3 Å². The summed E-state index contributed by atoms with van der Waals surface area (Å²) in [5.41, 5.74) is 3.51. The number of nitrogen functional groups attached to an aromatic ring is 1. The number of hydrogen-bond donors (Lipinski definition) is 2. The highest BCUT2D eigenvalue weighted by molar-refractivity contribution is 5.77. The van der Waals surface area contributed by atoms with Crippen molar-refractivity contribution in [2.24, 2.45) is 11.8 Å². The van der Waals surface area contributed by atoms with Gasteiger partial charge in [0.25, 0.3) is 0 Å². The van der Waals surface area contributed by atoms with E-state index in [0.717, 1.165) is 19.4 Å². The van der Waals surface area contributed by atoms with Gasteiger partial charge in [0.1, 0.15) is 11.4 Å². The zero-order chi connectivity index (χ0) is 14.0. The van der Waals surface area contributed by atoms with E-state index in [-0.39, 0.29) is 10.6 Å². The molecule has 0 aromatic heterocycles. The number of hydrogen-bond acceptors (Lipinski definition) is 5. The van der Waals surface area contributed by atoms with Crippen molar-refractivity contribution in [2.45, 2.75) is 32.7 Å². The van der Waals surface area contributed by atoms with Gasteiger partial charge in [-0.3, -0.25) is 16.0 Å². The number of nitrogens with zero attached hydrogens (tertiary/aromatic N) is 2. The van der Waals surface area contributed by atoms with Gasteiger partial charge in [-0.15, -0.1) is 0 Å². The number of nitro groups is 1. The summed E-state index contributed by atoms with van der Waals surface area (Å²) in [4.78, 5) is 13.1. The molecular formula is C13H20N4O2. The van der Waals surface area contributed by atoms with Crippen LogP contribution < -0.4 is 16.2 Å². The first-order valence-corrected chi connectivity index (χ1v) is 6.57. The quantitative estimate of drug-likeness (QED) is 0.496. The van der Waals surface area contributed by atoms with Crippen molar-refractivity contribution in [3.8, 4) is 0 Å². The summed E-state index contributed by atoms with van der Waals surface area (Å²) in [6, 6.07) is 5.58. The highest BCUT2D eigenvalue weighted by Crippen LogP contribution is 2.39. The highest BCUT2D eigenvalue weighted by Gasteiger charge is 2.32. The van der Waals surface area contributed by atoms with Crippen LogP contribution in [0.3, 0.4) is 0 Å². The second-order valence-electron chi connectivity index (χ2n) is 5.22. The first-order valence-electron chi connectivity index (χ1n) is 6.57. The normalized spacial score (nSPS) is 18.9. The van der Waals surface area contributed by atoms with Crippen LogP contribution in [0.1, 0.15) is 26.7 Å². The number of benzene rings is 1. The van der Waals surface area contributed by atoms with Crippen LogP contribution in [0.25, 0.3) is 0 Å². The molecule has 104 valence electrons. The van der Waals surface area contributed by atoms with E-state index in [4.69, 9.17) is 5.84 Å². The van der Waals surface area contributed by atoms with Crippen molar-refractivity contribution in [1.29, 1.82) is 0 Å². The molecule has 1 fully saturated rings. The molecule has 0 bridgehead atoms. The van der Waals surface area contributed by atoms with Gasteiger partial charge in [-0.1, -0.05) is 19.9 Å². The lowest BCUT2D eigenvalue weighted by atomic mass is 10.0. The third-order valence-electron chi connectivity index (χ3n) is 3.73. The summed E-state index contributed by atoms with van der Waals surface area (Å²) in [5, 5.41) is 11.3. The minimum atomic E-state index is -0.361. The fourth-order valence-corrected chi connectivity index (χ4v) is 2.86. The fourth-order valence-electron chi connectivity index (χ4n) is 2.86. The Balaban J connectivity index is 2.47. The topological polar surface area (TPSA) is 84.4 Å². The summed E-state index contributed by atoms with van der Waals surface area (Å²) < 4.78 is 0. The number of nitrogens with two attached hydrogens (primary N) is 1. The smallest absolute Gasteiger partial charge is 0.316 e. The summed E-state index contributed by atoms with van der Waals surface area (Å²) in [5.74, 6) is 5.85. The molecule has 1 aromatic rings. The van der Waals surface area contributed by atoms with E-state index in [1.807, 2.05) is 0 Å². The minimum absolute atomic E-state index is 0.0672. The molecule has 6 heteroatoms. The van der Waals surface area contributed by atoms with Crippen molar-refractivity contribution >= 4 is 17.1 Å². The van der Waals surface area contributed by atoms with E-state index in [1.165, 1.54) is 0 Å². The molecule has 1 aliphatic heterocycles. The second-order valence-corrected chi connectivity index (χ2v) is 5.22. The molecule has 0 aliphatic carbocycles. The molecule has 1 atom stereocenters. The number of hydrazine groups is 1. The van der Waals surface area contributed by atoms with Crippen LogP contribution in [0.5, 0.6) is 0 Å². The summed E-state index contributed by atoms with van der Waals surface area (Å²) in [6.07, 6.45) is 2.15. The summed E-state index contributed by atoms with van der Waals surface area (Å²) >= 11 is 0. The zero-order valence-corrected chi connectivity index (χ0v) is 11.3.